The van der Waals surface area contributed by atoms with Crippen molar-refractivity contribution in [1.82, 2.24) is 10.3 Å². The molecule has 0 amide bonds. The molecule has 1 unspecified atom stereocenters. The number of nitrogens with zero attached hydrogens (tertiary/aromatic N) is 1. The lowest BCUT2D eigenvalue weighted by molar-refractivity contribution is 0.136. The van der Waals surface area contributed by atoms with Crippen LogP contribution in [-0.2, 0) is 4.74 Å². The first-order valence-corrected chi connectivity index (χ1v) is 6.22. The number of rotatable bonds is 7. The van der Waals surface area contributed by atoms with Crippen molar-refractivity contribution in [3.63, 3.8) is 0 Å². The van der Waals surface area contributed by atoms with E-state index < -0.39 is 0 Å². The minimum absolute atomic E-state index is 0.221. The average molecular weight is 237 g/mol. The number of nitrogen functional groups attached to an aromatic ring is 1. The molecule has 0 spiro atoms. The topological polar surface area (TPSA) is 60.2 Å². The summed E-state index contributed by atoms with van der Waals surface area (Å²) in [6, 6.07) is 2.32. The maximum Gasteiger partial charge on any atom is 0.128 e. The van der Waals surface area contributed by atoms with Gasteiger partial charge in [0.1, 0.15) is 5.82 Å². The van der Waals surface area contributed by atoms with E-state index in [1.165, 1.54) is 0 Å². The summed E-state index contributed by atoms with van der Waals surface area (Å²) >= 11 is 0. The maximum atomic E-state index is 5.93. The number of nitrogens with two attached hydrogens (primary N) is 1. The highest BCUT2D eigenvalue weighted by molar-refractivity contribution is 5.42. The number of ether oxygens (including phenoxy) is 1. The van der Waals surface area contributed by atoms with Crippen molar-refractivity contribution < 1.29 is 4.74 Å². The highest BCUT2D eigenvalue weighted by Gasteiger charge is 2.14. The Hall–Kier alpha value is -1.13. The molecule has 0 bridgehead atoms. The summed E-state index contributed by atoms with van der Waals surface area (Å²) in [7, 11) is 0. The Morgan fingerprint density at radius 2 is 2.24 bits per heavy atom. The molecule has 96 valence electrons. The Morgan fingerprint density at radius 3 is 2.88 bits per heavy atom. The van der Waals surface area contributed by atoms with Gasteiger partial charge in [0, 0.05) is 31.0 Å². The second-order valence-electron chi connectivity index (χ2n) is 4.08. The summed E-state index contributed by atoms with van der Waals surface area (Å²) < 4.78 is 5.40. The third-order valence-electron chi connectivity index (χ3n) is 2.67. The molecule has 4 heteroatoms. The van der Waals surface area contributed by atoms with Crippen LogP contribution in [0.5, 0.6) is 0 Å². The fourth-order valence-electron chi connectivity index (χ4n) is 1.84. The first-order chi connectivity index (χ1) is 8.19. The standard InChI is InChI=1S/C13H23N3O/c1-4-15-12(6-7-17-5-2)11-8-10(3)9-16-13(11)14/h8-9,12,15H,4-7H2,1-3H3,(H2,14,16). The number of hydrogen-bond acceptors (Lipinski definition) is 4. The first-order valence-electron chi connectivity index (χ1n) is 6.22. The molecular weight excluding hydrogens is 214 g/mol. The van der Waals surface area contributed by atoms with Crippen LogP contribution in [-0.4, -0.2) is 24.7 Å². The molecule has 1 rings (SSSR count). The highest BCUT2D eigenvalue weighted by Crippen LogP contribution is 2.22. The molecule has 0 fully saturated rings. The average Bonchev–Trinajstić information content (AvgIpc) is 2.32. The van der Waals surface area contributed by atoms with Gasteiger partial charge in [-0.1, -0.05) is 6.92 Å². The molecule has 0 aliphatic carbocycles. The molecule has 1 aromatic rings. The molecule has 4 nitrogen and oxygen atoms in total. The summed E-state index contributed by atoms with van der Waals surface area (Å²) in [5, 5.41) is 3.43. The predicted octanol–water partition coefficient (Wildman–Crippen LogP) is 2.05. The van der Waals surface area contributed by atoms with Crippen molar-refractivity contribution in [3.05, 3.63) is 23.4 Å². The fraction of sp³-hybridized carbons (Fsp3) is 0.615. The van der Waals surface area contributed by atoms with Gasteiger partial charge in [-0.15, -0.1) is 0 Å². The fourth-order valence-corrected chi connectivity index (χ4v) is 1.84. The number of nitrogens with one attached hydrogen (secondary N) is 1. The van der Waals surface area contributed by atoms with Crippen LogP contribution in [0, 0.1) is 6.92 Å². The Morgan fingerprint density at radius 1 is 1.47 bits per heavy atom. The molecular formula is C13H23N3O. The lowest BCUT2D eigenvalue weighted by atomic mass is 10.0. The normalized spacial score (nSPS) is 12.6. The SMILES string of the molecule is CCNC(CCOCC)c1cc(C)cnc1N. The van der Waals surface area contributed by atoms with E-state index in [0.717, 1.165) is 37.3 Å². The smallest absolute Gasteiger partial charge is 0.128 e. The summed E-state index contributed by atoms with van der Waals surface area (Å²) in [5.74, 6) is 0.609. The van der Waals surface area contributed by atoms with Gasteiger partial charge in [-0.3, -0.25) is 0 Å². The van der Waals surface area contributed by atoms with Crippen molar-refractivity contribution in [2.24, 2.45) is 0 Å². The maximum absolute atomic E-state index is 5.93. The third-order valence-corrected chi connectivity index (χ3v) is 2.67. The van der Waals surface area contributed by atoms with Crippen LogP contribution in [0.3, 0.4) is 0 Å². The second kappa shape index (κ2) is 7.25. The number of hydrogen-bond donors (Lipinski definition) is 2. The van der Waals surface area contributed by atoms with Crippen LogP contribution >= 0.6 is 0 Å². The molecule has 0 saturated carbocycles. The summed E-state index contributed by atoms with van der Waals surface area (Å²) in [6.45, 7) is 8.52. The molecule has 0 saturated heterocycles. The first kappa shape index (κ1) is 13.9. The number of pyridine rings is 1. The zero-order valence-electron chi connectivity index (χ0n) is 11.0. The number of aryl methyl sites for hydroxylation is 1. The summed E-state index contributed by atoms with van der Waals surface area (Å²) in [6.07, 6.45) is 2.71. The Kier molecular flexibility index (Phi) is 5.94. The second-order valence-corrected chi connectivity index (χ2v) is 4.08. The van der Waals surface area contributed by atoms with E-state index in [-0.39, 0.29) is 6.04 Å². The monoisotopic (exact) mass is 237 g/mol. The molecule has 3 N–H and O–H groups in total. The van der Waals surface area contributed by atoms with E-state index in [1.54, 1.807) is 6.20 Å². The van der Waals surface area contributed by atoms with E-state index >= 15 is 0 Å². The van der Waals surface area contributed by atoms with Gasteiger partial charge in [0.05, 0.1) is 0 Å². The molecule has 0 aliphatic rings. The van der Waals surface area contributed by atoms with E-state index in [1.807, 2.05) is 13.8 Å². The van der Waals surface area contributed by atoms with Gasteiger partial charge in [-0.25, -0.2) is 4.98 Å². The van der Waals surface area contributed by atoms with E-state index in [9.17, 15) is 0 Å². The molecule has 1 atom stereocenters. The van der Waals surface area contributed by atoms with Gasteiger partial charge in [0.25, 0.3) is 0 Å². The van der Waals surface area contributed by atoms with Crippen molar-refractivity contribution in [3.8, 4) is 0 Å². The highest BCUT2D eigenvalue weighted by atomic mass is 16.5. The van der Waals surface area contributed by atoms with Crippen LogP contribution in [0.2, 0.25) is 0 Å². The van der Waals surface area contributed by atoms with Crippen LogP contribution in [0.4, 0.5) is 5.82 Å². The van der Waals surface area contributed by atoms with Gasteiger partial charge < -0.3 is 15.8 Å². The van der Waals surface area contributed by atoms with E-state index in [0.29, 0.717) is 5.82 Å². The van der Waals surface area contributed by atoms with Gasteiger partial charge in [-0.2, -0.15) is 0 Å². The molecule has 1 heterocycles. The molecule has 17 heavy (non-hydrogen) atoms. The number of anilines is 1. The van der Waals surface area contributed by atoms with Crippen molar-refractivity contribution in [2.75, 3.05) is 25.5 Å². The molecule has 1 aromatic heterocycles. The van der Waals surface area contributed by atoms with Crippen LogP contribution in [0.15, 0.2) is 12.3 Å². The van der Waals surface area contributed by atoms with E-state index in [4.69, 9.17) is 10.5 Å². The summed E-state index contributed by atoms with van der Waals surface area (Å²) in [4.78, 5) is 4.21. The van der Waals surface area contributed by atoms with Gasteiger partial charge in [0.2, 0.25) is 0 Å². The zero-order chi connectivity index (χ0) is 12.7. The molecule has 0 radical (unpaired) electrons. The third kappa shape index (κ3) is 4.32. The minimum Gasteiger partial charge on any atom is -0.383 e. The van der Waals surface area contributed by atoms with Gasteiger partial charge in [0.15, 0.2) is 0 Å². The predicted molar refractivity (Wildman–Crippen MR) is 70.9 cm³/mol. The minimum atomic E-state index is 0.221. The Balaban J connectivity index is 2.77. The van der Waals surface area contributed by atoms with E-state index in [2.05, 4.69) is 23.3 Å². The van der Waals surface area contributed by atoms with Crippen molar-refractivity contribution >= 4 is 5.82 Å². The Labute approximate surface area is 104 Å². The molecule has 0 aromatic carbocycles. The van der Waals surface area contributed by atoms with Crippen molar-refractivity contribution in [2.45, 2.75) is 33.2 Å². The summed E-state index contributed by atoms with van der Waals surface area (Å²) in [5.41, 5.74) is 8.14. The van der Waals surface area contributed by atoms with Gasteiger partial charge in [-0.05, 0) is 38.4 Å². The van der Waals surface area contributed by atoms with Crippen molar-refractivity contribution in [1.29, 1.82) is 0 Å². The lowest BCUT2D eigenvalue weighted by Crippen LogP contribution is -2.23. The van der Waals surface area contributed by atoms with Crippen LogP contribution in [0.25, 0.3) is 0 Å². The lowest BCUT2D eigenvalue weighted by Gasteiger charge is -2.19. The quantitative estimate of drug-likeness (QED) is 0.713. The van der Waals surface area contributed by atoms with Crippen LogP contribution in [0.1, 0.15) is 37.4 Å². The molecule has 0 aliphatic heterocycles. The Bertz CT molecular complexity index is 341. The number of aromatic nitrogens is 1. The zero-order valence-corrected chi connectivity index (χ0v) is 11.0. The largest absolute Gasteiger partial charge is 0.383 e. The van der Waals surface area contributed by atoms with Gasteiger partial charge >= 0.3 is 0 Å². The van der Waals surface area contributed by atoms with Crippen LogP contribution < -0.4 is 11.1 Å².